The molecule has 24 heavy (non-hydrogen) atoms. The summed E-state index contributed by atoms with van der Waals surface area (Å²) in [6.45, 7) is 1.61. The van der Waals surface area contributed by atoms with Gasteiger partial charge in [0.1, 0.15) is 13.2 Å². The predicted octanol–water partition coefficient (Wildman–Crippen LogP) is 3.64. The molecular weight excluding hydrogens is 326 g/mol. The molecule has 0 spiro atoms. The maximum atomic E-state index is 12.4. The zero-order valence-corrected chi connectivity index (χ0v) is 13.9. The lowest BCUT2D eigenvalue weighted by atomic mass is 10.1. The number of carbonyl (C=O) groups is 1. The third-order valence-electron chi connectivity index (χ3n) is 4.53. The average molecular weight is 344 g/mol. The van der Waals surface area contributed by atoms with E-state index in [1.54, 1.807) is 12.1 Å². The number of rotatable bonds is 4. The number of carbonyl (C=O) groups excluding carboxylic acids is 1. The Morgan fingerprint density at radius 1 is 1.17 bits per heavy atom. The van der Waals surface area contributed by atoms with Crippen LogP contribution >= 0.6 is 11.6 Å². The van der Waals surface area contributed by atoms with E-state index in [2.05, 4.69) is 29.6 Å². The second-order valence-corrected chi connectivity index (χ2v) is 6.61. The topological polar surface area (TPSA) is 47.6 Å². The molecule has 0 aromatic heterocycles. The molecule has 4 rings (SSSR count). The van der Waals surface area contributed by atoms with Gasteiger partial charge in [0, 0.05) is 12.1 Å². The van der Waals surface area contributed by atoms with E-state index in [4.69, 9.17) is 21.1 Å². The first-order valence-corrected chi connectivity index (χ1v) is 8.52. The number of hydrogen-bond acceptors (Lipinski definition) is 3. The molecule has 0 radical (unpaired) electrons. The summed E-state index contributed by atoms with van der Waals surface area (Å²) in [4.78, 5) is 12.4. The fourth-order valence-electron chi connectivity index (χ4n) is 3.15. The van der Waals surface area contributed by atoms with Crippen LogP contribution in [0.15, 0.2) is 42.5 Å². The van der Waals surface area contributed by atoms with Gasteiger partial charge in [0.15, 0.2) is 11.5 Å². The van der Waals surface area contributed by atoms with Gasteiger partial charge in [-0.2, -0.15) is 0 Å². The largest absolute Gasteiger partial charge is 0.486 e. The summed E-state index contributed by atoms with van der Waals surface area (Å²) >= 11 is 6.18. The molecule has 0 bridgehead atoms. The predicted molar refractivity (Wildman–Crippen MR) is 92.1 cm³/mol. The zero-order valence-electron chi connectivity index (χ0n) is 13.1. The van der Waals surface area contributed by atoms with Gasteiger partial charge in [-0.3, -0.25) is 4.79 Å². The van der Waals surface area contributed by atoms with Crippen LogP contribution in [0.5, 0.6) is 11.5 Å². The van der Waals surface area contributed by atoms with Crippen molar-refractivity contribution in [3.8, 4) is 11.5 Å². The fraction of sp³-hybridized carbons (Fsp3) is 0.316. The van der Waals surface area contributed by atoms with E-state index in [1.165, 1.54) is 5.56 Å². The minimum atomic E-state index is -0.132. The second-order valence-electron chi connectivity index (χ2n) is 6.21. The van der Waals surface area contributed by atoms with Gasteiger partial charge in [-0.15, -0.1) is 0 Å². The Bertz CT molecular complexity index is 763. The molecule has 2 aromatic carbocycles. The molecule has 2 atom stereocenters. The summed E-state index contributed by atoms with van der Waals surface area (Å²) < 4.78 is 11.0. The van der Waals surface area contributed by atoms with Crippen molar-refractivity contribution in [1.29, 1.82) is 0 Å². The van der Waals surface area contributed by atoms with Gasteiger partial charge < -0.3 is 14.8 Å². The normalized spacial score (nSPS) is 21.2. The van der Waals surface area contributed by atoms with Crippen LogP contribution < -0.4 is 14.8 Å². The Morgan fingerprint density at radius 3 is 2.79 bits per heavy atom. The van der Waals surface area contributed by atoms with E-state index < -0.39 is 0 Å². The van der Waals surface area contributed by atoms with E-state index in [-0.39, 0.29) is 5.91 Å². The van der Waals surface area contributed by atoms with Gasteiger partial charge in [0.05, 0.1) is 5.02 Å². The summed E-state index contributed by atoms with van der Waals surface area (Å²) in [5.74, 6) is 1.98. The number of amides is 1. The van der Waals surface area contributed by atoms with E-state index in [0.717, 1.165) is 6.42 Å². The van der Waals surface area contributed by atoms with Crippen molar-refractivity contribution in [2.45, 2.75) is 12.3 Å². The smallest absolute Gasteiger partial charge is 0.251 e. The lowest BCUT2D eigenvalue weighted by molar-refractivity contribution is 0.0950. The van der Waals surface area contributed by atoms with E-state index in [1.807, 2.05) is 6.07 Å². The van der Waals surface area contributed by atoms with Gasteiger partial charge in [-0.25, -0.2) is 0 Å². The maximum absolute atomic E-state index is 12.4. The highest BCUT2D eigenvalue weighted by Gasteiger charge is 2.38. The van der Waals surface area contributed by atoms with Gasteiger partial charge in [0.25, 0.3) is 5.91 Å². The van der Waals surface area contributed by atoms with Crippen molar-refractivity contribution in [3.05, 3.63) is 58.6 Å². The molecule has 124 valence electrons. The van der Waals surface area contributed by atoms with Crippen molar-refractivity contribution in [1.82, 2.24) is 5.32 Å². The van der Waals surface area contributed by atoms with E-state index in [0.29, 0.717) is 53.7 Å². The van der Waals surface area contributed by atoms with Crippen molar-refractivity contribution in [2.75, 3.05) is 19.8 Å². The van der Waals surface area contributed by atoms with Gasteiger partial charge in [0.2, 0.25) is 0 Å². The number of nitrogens with one attached hydrogen (secondary N) is 1. The van der Waals surface area contributed by atoms with Crippen molar-refractivity contribution >= 4 is 17.5 Å². The molecule has 1 N–H and O–H groups in total. The molecule has 1 amide bonds. The van der Waals surface area contributed by atoms with E-state index >= 15 is 0 Å². The van der Waals surface area contributed by atoms with Crippen molar-refractivity contribution in [2.24, 2.45) is 5.92 Å². The Kier molecular flexibility index (Phi) is 4.07. The Morgan fingerprint density at radius 2 is 1.96 bits per heavy atom. The molecular formula is C19H18ClNO3. The number of halogens is 1. The van der Waals surface area contributed by atoms with E-state index in [9.17, 15) is 4.79 Å². The molecule has 1 saturated carbocycles. The van der Waals surface area contributed by atoms with Crippen LogP contribution in [0, 0.1) is 5.92 Å². The number of benzene rings is 2. The van der Waals surface area contributed by atoms with Gasteiger partial charge in [-0.05, 0) is 36.0 Å². The van der Waals surface area contributed by atoms with Crippen LogP contribution in [0.1, 0.15) is 28.3 Å². The molecule has 2 aliphatic rings. The van der Waals surface area contributed by atoms with Crippen LogP contribution in [0.25, 0.3) is 0 Å². The number of fused-ring (bicyclic) bond motifs is 1. The monoisotopic (exact) mass is 343 g/mol. The highest BCUT2D eigenvalue weighted by molar-refractivity contribution is 6.32. The maximum Gasteiger partial charge on any atom is 0.251 e. The Balaban J connectivity index is 1.38. The van der Waals surface area contributed by atoms with Crippen LogP contribution in [0.3, 0.4) is 0 Å². The first-order valence-electron chi connectivity index (χ1n) is 8.14. The van der Waals surface area contributed by atoms with Crippen LogP contribution in [-0.4, -0.2) is 25.7 Å². The first-order chi connectivity index (χ1) is 11.7. The molecule has 1 fully saturated rings. The van der Waals surface area contributed by atoms with Crippen LogP contribution in [0.2, 0.25) is 5.02 Å². The molecule has 4 nitrogen and oxygen atoms in total. The Hall–Kier alpha value is -2.20. The van der Waals surface area contributed by atoms with Crippen molar-refractivity contribution < 1.29 is 14.3 Å². The highest BCUT2D eigenvalue weighted by atomic mass is 35.5. The van der Waals surface area contributed by atoms with Crippen LogP contribution in [0.4, 0.5) is 0 Å². The number of ether oxygens (including phenoxy) is 2. The summed E-state index contributed by atoms with van der Waals surface area (Å²) in [5.41, 5.74) is 1.85. The quantitative estimate of drug-likeness (QED) is 0.921. The van der Waals surface area contributed by atoms with Gasteiger partial charge in [-0.1, -0.05) is 41.9 Å². The highest BCUT2D eigenvalue weighted by Crippen LogP contribution is 2.46. The third-order valence-corrected chi connectivity index (χ3v) is 4.81. The summed E-state index contributed by atoms with van der Waals surface area (Å²) in [7, 11) is 0. The molecule has 5 heteroatoms. The van der Waals surface area contributed by atoms with Crippen LogP contribution in [-0.2, 0) is 0 Å². The molecule has 1 aliphatic heterocycles. The fourth-order valence-corrected chi connectivity index (χ4v) is 3.41. The standard InChI is InChI=1S/C19H18ClNO3/c20-16-9-13(10-17-18(16)24-7-6-23-17)19(22)21-11-14-8-15(14)12-4-2-1-3-5-12/h1-5,9-10,14-15H,6-8,11H2,(H,21,22). The lowest BCUT2D eigenvalue weighted by Crippen LogP contribution is -2.26. The summed E-state index contributed by atoms with van der Waals surface area (Å²) in [5, 5.41) is 3.41. The minimum Gasteiger partial charge on any atom is -0.486 e. The molecule has 2 aromatic rings. The molecule has 2 unspecified atom stereocenters. The molecule has 0 saturated heterocycles. The molecule has 1 aliphatic carbocycles. The lowest BCUT2D eigenvalue weighted by Gasteiger charge is -2.20. The summed E-state index contributed by atoms with van der Waals surface area (Å²) in [6, 6.07) is 13.7. The molecule has 1 heterocycles. The summed E-state index contributed by atoms with van der Waals surface area (Å²) in [6.07, 6.45) is 1.12. The van der Waals surface area contributed by atoms with Gasteiger partial charge >= 0.3 is 0 Å². The first kappa shape index (κ1) is 15.3. The van der Waals surface area contributed by atoms with Crippen molar-refractivity contribution in [3.63, 3.8) is 0 Å². The SMILES string of the molecule is O=C(NCC1CC1c1ccccc1)c1cc(Cl)c2c(c1)OCCO2. The Labute approximate surface area is 145 Å². The second kappa shape index (κ2) is 6.36. The zero-order chi connectivity index (χ0) is 16.5. The number of hydrogen-bond donors (Lipinski definition) is 1. The minimum absolute atomic E-state index is 0.132. The third kappa shape index (κ3) is 3.06. The average Bonchev–Trinajstić information content (AvgIpc) is 3.40.